The Morgan fingerprint density at radius 2 is 1.71 bits per heavy atom. The minimum Gasteiger partial charge on any atom is -0.384 e. The molecular weight excluding hydrogens is 384 g/mol. The average molecular weight is 419 g/mol. The predicted octanol–water partition coefficient (Wildman–Crippen LogP) is 5.08. The summed E-state index contributed by atoms with van der Waals surface area (Å²) < 4.78 is 1.92. The molecule has 1 aromatic carbocycles. The first kappa shape index (κ1) is 21.6. The van der Waals surface area contributed by atoms with Crippen LogP contribution in [0.4, 0.5) is 5.82 Å². The fourth-order valence-corrected chi connectivity index (χ4v) is 4.99. The van der Waals surface area contributed by atoms with E-state index >= 15 is 0 Å². The molecule has 3 aromatic rings. The zero-order valence-electron chi connectivity index (χ0n) is 18.8. The zero-order valence-corrected chi connectivity index (χ0v) is 18.8. The van der Waals surface area contributed by atoms with Gasteiger partial charge in [-0.05, 0) is 75.7 Å². The van der Waals surface area contributed by atoms with E-state index in [-0.39, 0.29) is 5.56 Å². The van der Waals surface area contributed by atoms with Crippen molar-refractivity contribution in [2.75, 3.05) is 12.3 Å². The van der Waals surface area contributed by atoms with Gasteiger partial charge in [0.1, 0.15) is 5.82 Å². The molecule has 1 aliphatic rings. The molecule has 0 aliphatic carbocycles. The molecule has 3 heterocycles. The van der Waals surface area contributed by atoms with E-state index in [2.05, 4.69) is 29.8 Å². The van der Waals surface area contributed by atoms with Crippen LogP contribution in [0.3, 0.4) is 0 Å². The predicted molar refractivity (Wildman–Crippen MR) is 129 cm³/mol. The maximum atomic E-state index is 13.4. The second-order valence-corrected chi connectivity index (χ2v) is 8.95. The number of hydrogen-bond acceptors (Lipinski definition) is 4. The van der Waals surface area contributed by atoms with E-state index in [9.17, 15) is 4.79 Å². The van der Waals surface area contributed by atoms with E-state index in [1.54, 1.807) is 6.07 Å². The molecule has 2 atom stereocenters. The van der Waals surface area contributed by atoms with Gasteiger partial charge in [0.2, 0.25) is 0 Å². The quantitative estimate of drug-likeness (QED) is 0.544. The molecule has 1 saturated heterocycles. The Bertz CT molecular complexity index is 1080. The molecule has 164 valence electrons. The van der Waals surface area contributed by atoms with Crippen molar-refractivity contribution < 1.29 is 0 Å². The van der Waals surface area contributed by atoms with Crippen LogP contribution in [-0.2, 0) is 6.54 Å². The minimum atomic E-state index is 0.00933. The van der Waals surface area contributed by atoms with Crippen LogP contribution in [0.2, 0.25) is 0 Å². The van der Waals surface area contributed by atoms with E-state index in [4.69, 9.17) is 5.73 Å². The molecule has 0 amide bonds. The summed E-state index contributed by atoms with van der Waals surface area (Å²) in [6, 6.07) is 16.9. The number of piperidine rings is 1. The first-order valence-electron chi connectivity index (χ1n) is 11.7. The smallest absolute Gasteiger partial charge is 0.260 e. The molecule has 2 aromatic heterocycles. The lowest BCUT2D eigenvalue weighted by Crippen LogP contribution is -2.44. The monoisotopic (exact) mass is 418 g/mol. The molecule has 5 nitrogen and oxygen atoms in total. The van der Waals surface area contributed by atoms with Crippen LogP contribution in [0.5, 0.6) is 0 Å². The van der Waals surface area contributed by atoms with Gasteiger partial charge in [-0.2, -0.15) is 0 Å². The summed E-state index contributed by atoms with van der Waals surface area (Å²) >= 11 is 0. The van der Waals surface area contributed by atoms with Crippen molar-refractivity contribution in [3.63, 3.8) is 0 Å². The summed E-state index contributed by atoms with van der Waals surface area (Å²) in [5.74, 6) is 0.428. The summed E-state index contributed by atoms with van der Waals surface area (Å²) in [6.45, 7) is 6.60. The molecule has 0 bridgehead atoms. The topological polar surface area (TPSA) is 64.2 Å². The van der Waals surface area contributed by atoms with Gasteiger partial charge in [-0.25, -0.2) is 4.98 Å². The van der Waals surface area contributed by atoms with Crippen LogP contribution in [0, 0.1) is 0 Å². The summed E-state index contributed by atoms with van der Waals surface area (Å²) in [5, 5.41) is 1.05. The van der Waals surface area contributed by atoms with Crippen LogP contribution < -0.4 is 11.3 Å². The van der Waals surface area contributed by atoms with Crippen molar-refractivity contribution in [2.24, 2.45) is 0 Å². The van der Waals surface area contributed by atoms with Crippen molar-refractivity contribution in [3.05, 3.63) is 58.9 Å². The molecule has 0 saturated carbocycles. The van der Waals surface area contributed by atoms with Gasteiger partial charge in [0.25, 0.3) is 5.56 Å². The number of anilines is 1. The standard InChI is InChI=1S/C26H34N4O/c1-19-10-8-11-20(2)29(19)16-6-3-7-17-30-24-14-5-4-12-21(24)18-22(26(30)31)23-13-9-15-25(27)28-23/h4-5,9,12-15,18-20H,3,6-8,10-11,16-17H2,1-2H3,(H2,27,28)/t19-,20+. The van der Waals surface area contributed by atoms with Gasteiger partial charge in [-0.15, -0.1) is 0 Å². The molecule has 0 spiro atoms. The van der Waals surface area contributed by atoms with E-state index < -0.39 is 0 Å². The van der Waals surface area contributed by atoms with E-state index in [0.29, 0.717) is 29.2 Å². The number of aromatic nitrogens is 2. The van der Waals surface area contributed by atoms with Crippen molar-refractivity contribution in [1.82, 2.24) is 14.5 Å². The average Bonchev–Trinajstić information content (AvgIpc) is 2.76. The SMILES string of the molecule is C[C@@H]1CCC[C@H](C)N1CCCCCn1c(=O)c(-c2cccc(N)n2)cc2ccccc21. The first-order valence-corrected chi connectivity index (χ1v) is 11.7. The molecule has 1 aliphatic heterocycles. The Kier molecular flexibility index (Phi) is 6.71. The third-order valence-corrected chi connectivity index (χ3v) is 6.72. The lowest BCUT2D eigenvalue weighted by Gasteiger charge is -2.39. The van der Waals surface area contributed by atoms with Crippen LogP contribution in [0.25, 0.3) is 22.2 Å². The van der Waals surface area contributed by atoms with Crippen molar-refractivity contribution in [1.29, 1.82) is 0 Å². The summed E-state index contributed by atoms with van der Waals surface area (Å²) in [4.78, 5) is 20.4. The number of fused-ring (bicyclic) bond motifs is 1. The highest BCUT2D eigenvalue weighted by atomic mass is 16.1. The number of likely N-dealkylation sites (tertiary alicyclic amines) is 1. The van der Waals surface area contributed by atoms with E-state index in [1.807, 2.05) is 41.0 Å². The maximum Gasteiger partial charge on any atom is 0.260 e. The number of aryl methyl sites for hydroxylation is 1. The van der Waals surface area contributed by atoms with Crippen LogP contribution in [-0.4, -0.2) is 33.1 Å². The third kappa shape index (κ3) is 4.82. The number of unbranched alkanes of at least 4 members (excludes halogenated alkanes) is 2. The van der Waals surface area contributed by atoms with Gasteiger partial charge >= 0.3 is 0 Å². The fraction of sp³-hybridized carbons (Fsp3) is 0.462. The molecule has 5 heteroatoms. The van der Waals surface area contributed by atoms with Gasteiger partial charge in [0.15, 0.2) is 0 Å². The number of pyridine rings is 2. The molecule has 1 fully saturated rings. The number of rotatable bonds is 7. The van der Waals surface area contributed by atoms with E-state index in [0.717, 1.165) is 36.8 Å². The Hall–Kier alpha value is -2.66. The van der Waals surface area contributed by atoms with E-state index in [1.165, 1.54) is 25.7 Å². The molecular formula is C26H34N4O. The lowest BCUT2D eigenvalue weighted by atomic mass is 9.97. The third-order valence-electron chi connectivity index (χ3n) is 6.72. The maximum absolute atomic E-state index is 13.4. The van der Waals surface area contributed by atoms with Gasteiger partial charge < -0.3 is 10.3 Å². The van der Waals surface area contributed by atoms with Crippen molar-refractivity contribution in [3.8, 4) is 11.3 Å². The number of nitrogens with two attached hydrogens (primary N) is 1. The summed E-state index contributed by atoms with van der Waals surface area (Å²) in [6.07, 6.45) is 7.28. The van der Waals surface area contributed by atoms with Crippen LogP contribution in [0.15, 0.2) is 53.3 Å². The van der Waals surface area contributed by atoms with Gasteiger partial charge in [-0.3, -0.25) is 9.69 Å². The molecule has 31 heavy (non-hydrogen) atoms. The summed E-state index contributed by atoms with van der Waals surface area (Å²) in [5.41, 5.74) is 8.11. The Balaban J connectivity index is 1.49. The van der Waals surface area contributed by atoms with Crippen molar-refractivity contribution >= 4 is 16.7 Å². The first-order chi connectivity index (χ1) is 15.0. The number of para-hydroxylation sites is 1. The summed E-state index contributed by atoms with van der Waals surface area (Å²) in [7, 11) is 0. The second kappa shape index (κ2) is 9.65. The minimum absolute atomic E-state index is 0.00933. The second-order valence-electron chi connectivity index (χ2n) is 8.95. The van der Waals surface area contributed by atoms with Crippen LogP contribution in [0.1, 0.15) is 52.4 Å². The van der Waals surface area contributed by atoms with Gasteiger partial charge in [0.05, 0.1) is 16.8 Å². The fourth-order valence-electron chi connectivity index (χ4n) is 4.99. The van der Waals surface area contributed by atoms with Crippen LogP contribution >= 0.6 is 0 Å². The molecule has 2 N–H and O–H groups in total. The number of benzene rings is 1. The Morgan fingerprint density at radius 3 is 2.48 bits per heavy atom. The molecule has 0 radical (unpaired) electrons. The van der Waals surface area contributed by atoms with Crippen molar-refractivity contribution in [2.45, 2.75) is 71.0 Å². The highest BCUT2D eigenvalue weighted by Gasteiger charge is 2.23. The lowest BCUT2D eigenvalue weighted by molar-refractivity contribution is 0.101. The highest BCUT2D eigenvalue weighted by molar-refractivity contribution is 5.83. The molecule has 0 unspecified atom stereocenters. The van der Waals surface area contributed by atoms with Gasteiger partial charge in [0, 0.05) is 18.6 Å². The highest BCUT2D eigenvalue weighted by Crippen LogP contribution is 2.23. The number of nitrogen functional groups attached to an aromatic ring is 1. The normalized spacial score (nSPS) is 19.7. The number of hydrogen-bond donors (Lipinski definition) is 1. The molecule has 4 rings (SSSR count). The van der Waals surface area contributed by atoms with Gasteiger partial charge in [-0.1, -0.05) is 37.1 Å². The Morgan fingerprint density at radius 1 is 0.968 bits per heavy atom. The largest absolute Gasteiger partial charge is 0.384 e. The Labute approximate surface area is 184 Å². The number of nitrogens with zero attached hydrogens (tertiary/aromatic N) is 3. The zero-order chi connectivity index (χ0) is 21.8.